The number of rotatable bonds is 11. The van der Waals surface area contributed by atoms with Gasteiger partial charge in [-0.2, -0.15) is 0 Å². The average Bonchev–Trinajstić information content (AvgIpc) is 3.38. The van der Waals surface area contributed by atoms with E-state index in [0.717, 1.165) is 36.8 Å². The van der Waals surface area contributed by atoms with Crippen LogP contribution in [0.2, 0.25) is 0 Å². The zero-order valence-electron chi connectivity index (χ0n) is 19.0. The van der Waals surface area contributed by atoms with Crippen LogP contribution in [-0.4, -0.2) is 43.2 Å². The van der Waals surface area contributed by atoms with Crippen LogP contribution in [0.15, 0.2) is 60.7 Å². The molecule has 8 heteroatoms. The topological polar surface area (TPSA) is 114 Å². The first kappa shape index (κ1) is 24.8. The number of amides is 2. The van der Waals surface area contributed by atoms with E-state index in [1.165, 1.54) is 0 Å². The normalized spacial score (nSPS) is 14.6. The van der Waals surface area contributed by atoms with Crippen molar-refractivity contribution >= 4 is 19.1 Å². The molecule has 176 valence electrons. The fourth-order valence-corrected chi connectivity index (χ4v) is 4.33. The Morgan fingerprint density at radius 1 is 1.03 bits per heavy atom. The predicted molar refractivity (Wildman–Crippen MR) is 129 cm³/mol. The van der Waals surface area contributed by atoms with Gasteiger partial charge in [-0.15, -0.1) is 0 Å². The Balaban J connectivity index is 1.58. The van der Waals surface area contributed by atoms with Gasteiger partial charge in [0.25, 0.3) is 0 Å². The zero-order valence-corrected chi connectivity index (χ0v) is 19.0. The minimum absolute atomic E-state index is 0.0380. The molecule has 7 nitrogen and oxygen atoms in total. The van der Waals surface area contributed by atoms with E-state index in [2.05, 4.69) is 10.6 Å². The fourth-order valence-electron chi connectivity index (χ4n) is 4.33. The lowest BCUT2D eigenvalue weighted by Crippen LogP contribution is -2.51. The maximum absolute atomic E-state index is 12.5. The third kappa shape index (κ3) is 7.61. The molecular weight excluding hydrogens is 417 g/mol. The van der Waals surface area contributed by atoms with Crippen LogP contribution in [0.25, 0.3) is 0 Å². The Bertz CT molecular complexity index is 823. The van der Waals surface area contributed by atoms with E-state index in [1.54, 1.807) is 0 Å². The van der Waals surface area contributed by atoms with Crippen molar-refractivity contribution in [2.24, 2.45) is 11.7 Å². The van der Waals surface area contributed by atoms with Gasteiger partial charge in [0.15, 0.2) is 0 Å². The second-order valence-corrected chi connectivity index (χ2v) is 8.58. The first-order valence-corrected chi connectivity index (χ1v) is 11.8. The number of carbonyl (C=O) groups excluding carboxylic acids is 2. The van der Waals surface area contributed by atoms with Gasteiger partial charge in [-0.25, -0.2) is 4.79 Å². The molecule has 1 saturated carbocycles. The largest absolute Gasteiger partial charge is 0.549 e. The molecule has 0 radical (unpaired) electrons. The van der Waals surface area contributed by atoms with Gasteiger partial charge in [-0.1, -0.05) is 73.5 Å². The quantitative estimate of drug-likeness (QED) is 0.393. The Morgan fingerprint density at radius 2 is 1.61 bits per heavy atom. The fraction of sp³-hybridized carbons (Fsp3) is 0.440. The molecule has 5 N–H and O–H groups in total. The highest BCUT2D eigenvalue weighted by molar-refractivity contribution is 6.47. The molecule has 1 fully saturated rings. The molecule has 0 aromatic heterocycles. The van der Waals surface area contributed by atoms with E-state index in [1.807, 2.05) is 60.7 Å². The van der Waals surface area contributed by atoms with Gasteiger partial charge in [-0.05, 0) is 43.4 Å². The molecule has 2 aromatic carbocycles. The van der Waals surface area contributed by atoms with Crippen LogP contribution in [0.5, 0.6) is 0 Å². The zero-order chi connectivity index (χ0) is 23.5. The van der Waals surface area contributed by atoms with Crippen molar-refractivity contribution in [1.29, 1.82) is 0 Å². The van der Waals surface area contributed by atoms with Gasteiger partial charge in [-0.3, -0.25) is 4.79 Å². The summed E-state index contributed by atoms with van der Waals surface area (Å²) in [5, 5.41) is 16.2. The molecule has 0 bridgehead atoms. The van der Waals surface area contributed by atoms with Crippen LogP contribution in [0.4, 0.5) is 4.79 Å². The molecule has 1 aliphatic rings. The second-order valence-electron chi connectivity index (χ2n) is 8.58. The maximum Gasteiger partial charge on any atom is 0.549 e. The van der Waals surface area contributed by atoms with Crippen molar-refractivity contribution in [3.05, 3.63) is 71.8 Å². The molecular formula is C25H34BN3O4. The van der Waals surface area contributed by atoms with Gasteiger partial charge in [0.1, 0.15) is 0 Å². The summed E-state index contributed by atoms with van der Waals surface area (Å²) >= 11 is 0. The van der Waals surface area contributed by atoms with Crippen LogP contribution in [0, 0.1) is 5.92 Å². The lowest BCUT2D eigenvalue weighted by Gasteiger charge is -2.23. The molecule has 2 aromatic rings. The van der Waals surface area contributed by atoms with Gasteiger partial charge >= 0.3 is 13.2 Å². The van der Waals surface area contributed by atoms with E-state index < -0.39 is 19.2 Å². The number of carbonyl (C=O) groups is 2. The van der Waals surface area contributed by atoms with Gasteiger partial charge in [0.05, 0.1) is 5.94 Å². The molecule has 1 aliphatic carbocycles. The minimum Gasteiger partial charge on any atom is -0.491 e. The van der Waals surface area contributed by atoms with E-state index in [0.29, 0.717) is 25.9 Å². The predicted octanol–water partition coefficient (Wildman–Crippen LogP) is 2.98. The summed E-state index contributed by atoms with van der Waals surface area (Å²) in [6.07, 6.45) is 4.09. The minimum atomic E-state index is -1.45. The summed E-state index contributed by atoms with van der Waals surface area (Å²) in [5.74, 6) is -0.881. The number of nitrogens with one attached hydrogen (secondary N) is 2. The van der Waals surface area contributed by atoms with E-state index in [4.69, 9.17) is 10.4 Å². The van der Waals surface area contributed by atoms with E-state index in [-0.39, 0.29) is 17.7 Å². The summed E-state index contributed by atoms with van der Waals surface area (Å²) < 4.78 is 5.25. The number of benzene rings is 2. The van der Waals surface area contributed by atoms with E-state index >= 15 is 0 Å². The summed E-state index contributed by atoms with van der Waals surface area (Å²) in [6.45, 7) is 0.728. The first-order chi connectivity index (χ1) is 16.1. The summed E-state index contributed by atoms with van der Waals surface area (Å²) in [5.41, 5.74) is 7.74. The standard InChI is InChI=1S/C25H34BN3O4/c27-17-9-16-23(29-24(30)21-14-7-8-15-21)26(32)33-25(31)28-18-22(19-10-3-1-4-11-19)20-12-5-2-6-13-20/h1-6,10-13,21-23,32H,7-9,14-18,27H2,(H,28,31)(H,29,30). The van der Waals surface area contributed by atoms with Crippen LogP contribution in [0.3, 0.4) is 0 Å². The van der Waals surface area contributed by atoms with Crippen LogP contribution in [-0.2, 0) is 9.45 Å². The molecule has 1 unspecified atom stereocenters. The lowest BCUT2D eigenvalue weighted by molar-refractivity contribution is -0.125. The van der Waals surface area contributed by atoms with Crippen molar-refractivity contribution in [3.63, 3.8) is 0 Å². The Labute approximate surface area is 196 Å². The Kier molecular flexibility index (Phi) is 9.78. The molecule has 3 rings (SSSR count). The molecule has 0 aliphatic heterocycles. The third-order valence-corrected chi connectivity index (χ3v) is 6.20. The molecule has 33 heavy (non-hydrogen) atoms. The second kappa shape index (κ2) is 13.0. The third-order valence-electron chi connectivity index (χ3n) is 6.20. The first-order valence-electron chi connectivity index (χ1n) is 11.8. The highest BCUT2D eigenvalue weighted by Crippen LogP contribution is 2.25. The van der Waals surface area contributed by atoms with E-state index in [9.17, 15) is 14.6 Å². The van der Waals surface area contributed by atoms with Crippen molar-refractivity contribution in [1.82, 2.24) is 10.6 Å². The van der Waals surface area contributed by atoms with Crippen molar-refractivity contribution in [2.75, 3.05) is 13.1 Å². The van der Waals surface area contributed by atoms with Gasteiger partial charge in [0, 0.05) is 18.4 Å². The van der Waals surface area contributed by atoms with Gasteiger partial charge in [0.2, 0.25) is 5.91 Å². The highest BCUT2D eigenvalue weighted by atomic mass is 16.6. The number of hydrogen-bond acceptors (Lipinski definition) is 5. The number of nitrogens with two attached hydrogens (primary N) is 1. The highest BCUT2D eigenvalue weighted by Gasteiger charge is 2.34. The summed E-state index contributed by atoms with van der Waals surface area (Å²) in [4.78, 5) is 25.0. The molecule has 0 saturated heterocycles. The average molecular weight is 451 g/mol. The Hall–Kier alpha value is -2.84. The van der Waals surface area contributed by atoms with Crippen LogP contribution >= 0.6 is 0 Å². The SMILES string of the molecule is NCCCC(NC(=O)C1CCCC1)B(O)OC(=O)NCC(c1ccccc1)c1ccccc1. The summed E-state index contributed by atoms with van der Waals surface area (Å²) in [7, 11) is -1.45. The monoisotopic (exact) mass is 451 g/mol. The van der Waals surface area contributed by atoms with Gasteiger partial charge < -0.3 is 26.0 Å². The van der Waals surface area contributed by atoms with Crippen molar-refractivity contribution < 1.29 is 19.3 Å². The molecule has 0 heterocycles. The maximum atomic E-state index is 12.5. The number of hydrogen-bond donors (Lipinski definition) is 4. The van der Waals surface area contributed by atoms with Crippen molar-refractivity contribution in [2.45, 2.75) is 50.4 Å². The smallest absolute Gasteiger partial charge is 0.491 e. The lowest BCUT2D eigenvalue weighted by atomic mass is 9.75. The van der Waals surface area contributed by atoms with Crippen molar-refractivity contribution in [3.8, 4) is 0 Å². The van der Waals surface area contributed by atoms with Crippen LogP contribution in [0.1, 0.15) is 55.6 Å². The Morgan fingerprint density at radius 3 is 2.15 bits per heavy atom. The molecule has 1 atom stereocenters. The van der Waals surface area contributed by atoms with Crippen LogP contribution < -0.4 is 16.4 Å². The molecule has 0 spiro atoms. The molecule has 2 amide bonds. The summed E-state index contributed by atoms with van der Waals surface area (Å²) in [6, 6.07) is 19.8.